The summed E-state index contributed by atoms with van der Waals surface area (Å²) in [5, 5.41) is 12.3. The van der Waals surface area contributed by atoms with E-state index in [2.05, 4.69) is 5.32 Å². The van der Waals surface area contributed by atoms with Crippen molar-refractivity contribution in [3.05, 3.63) is 90.2 Å². The van der Waals surface area contributed by atoms with Crippen molar-refractivity contribution in [2.75, 3.05) is 18.4 Å². The highest BCUT2D eigenvalue weighted by molar-refractivity contribution is 5.94. The third kappa shape index (κ3) is 4.17. The molecule has 0 aromatic heterocycles. The Bertz CT molecular complexity index is 1070. The third-order valence-corrected chi connectivity index (χ3v) is 5.44. The summed E-state index contributed by atoms with van der Waals surface area (Å²) >= 11 is 0. The Balaban J connectivity index is 1.57. The lowest BCUT2D eigenvalue weighted by atomic mass is 9.88. The summed E-state index contributed by atoms with van der Waals surface area (Å²) in [5.41, 5.74) is 3.25. The maximum absolute atomic E-state index is 13.7. The molecule has 152 valence electrons. The molecule has 1 heterocycles. The van der Waals surface area contributed by atoms with Gasteiger partial charge in [-0.05, 0) is 41.0 Å². The number of amides is 2. The number of hydrogen-bond donors (Lipinski definition) is 2. The summed E-state index contributed by atoms with van der Waals surface area (Å²) in [6.07, 6.45) is -1.09. The molecule has 1 saturated heterocycles. The summed E-state index contributed by atoms with van der Waals surface area (Å²) in [6, 6.07) is 23.3. The van der Waals surface area contributed by atoms with Crippen LogP contribution >= 0.6 is 0 Å². The van der Waals surface area contributed by atoms with Crippen LogP contribution in [0.2, 0.25) is 0 Å². The molecule has 0 spiro atoms. The van der Waals surface area contributed by atoms with Crippen LogP contribution in [0.15, 0.2) is 78.9 Å². The largest absolute Gasteiger partial charge is 0.465 e. The molecule has 0 radical (unpaired) electrons. The molecular weight excluding hydrogens is 383 g/mol. The van der Waals surface area contributed by atoms with E-state index >= 15 is 0 Å². The highest BCUT2D eigenvalue weighted by atomic mass is 19.1. The van der Waals surface area contributed by atoms with Gasteiger partial charge in [0.25, 0.3) is 0 Å². The van der Waals surface area contributed by atoms with Crippen molar-refractivity contribution in [1.82, 2.24) is 4.90 Å². The molecule has 5 nitrogen and oxygen atoms in total. The number of halogens is 1. The van der Waals surface area contributed by atoms with Gasteiger partial charge in [-0.25, -0.2) is 9.18 Å². The zero-order valence-electron chi connectivity index (χ0n) is 16.2. The lowest BCUT2D eigenvalue weighted by Crippen LogP contribution is -2.30. The molecule has 3 aromatic carbocycles. The van der Waals surface area contributed by atoms with E-state index in [9.17, 15) is 19.1 Å². The van der Waals surface area contributed by atoms with E-state index in [1.54, 1.807) is 18.2 Å². The molecule has 4 rings (SSSR count). The minimum Gasteiger partial charge on any atom is -0.465 e. The van der Waals surface area contributed by atoms with Crippen molar-refractivity contribution in [2.45, 2.75) is 5.92 Å². The molecule has 0 aliphatic carbocycles. The first kappa shape index (κ1) is 19.6. The van der Waals surface area contributed by atoms with Gasteiger partial charge in [0.05, 0.1) is 5.92 Å². The quantitative estimate of drug-likeness (QED) is 0.655. The fraction of sp³-hybridized carbons (Fsp3) is 0.167. The van der Waals surface area contributed by atoms with Gasteiger partial charge < -0.3 is 15.3 Å². The van der Waals surface area contributed by atoms with Gasteiger partial charge in [-0.2, -0.15) is 0 Å². The van der Waals surface area contributed by atoms with Gasteiger partial charge in [0, 0.05) is 24.7 Å². The standard InChI is InChI=1S/C24H21FN2O3/c25-19-10-4-9-18(12-19)21-14-27(24(29)30)15-22(21)23(28)26-20-11-5-8-17(13-20)16-6-2-1-3-7-16/h1-13,21-22H,14-15H2,(H,26,28)(H,29,30). The van der Waals surface area contributed by atoms with E-state index in [4.69, 9.17) is 0 Å². The Kier molecular flexibility index (Phi) is 5.48. The molecule has 0 bridgehead atoms. The summed E-state index contributed by atoms with van der Waals surface area (Å²) < 4.78 is 13.7. The number of carboxylic acid groups (broad SMARTS) is 1. The summed E-state index contributed by atoms with van der Waals surface area (Å²) in [7, 11) is 0. The highest BCUT2D eigenvalue weighted by Crippen LogP contribution is 2.34. The van der Waals surface area contributed by atoms with Gasteiger partial charge in [-0.3, -0.25) is 4.79 Å². The second-order valence-electron chi connectivity index (χ2n) is 7.39. The van der Waals surface area contributed by atoms with E-state index in [-0.39, 0.29) is 19.0 Å². The topological polar surface area (TPSA) is 69.6 Å². The maximum Gasteiger partial charge on any atom is 0.407 e. The van der Waals surface area contributed by atoms with E-state index in [1.165, 1.54) is 17.0 Å². The summed E-state index contributed by atoms with van der Waals surface area (Å²) in [4.78, 5) is 25.8. The van der Waals surface area contributed by atoms with Crippen molar-refractivity contribution < 1.29 is 19.1 Å². The van der Waals surface area contributed by atoms with Crippen molar-refractivity contribution in [2.24, 2.45) is 5.92 Å². The van der Waals surface area contributed by atoms with E-state index in [0.717, 1.165) is 11.1 Å². The molecule has 0 saturated carbocycles. The van der Waals surface area contributed by atoms with Crippen LogP contribution in [0.1, 0.15) is 11.5 Å². The summed E-state index contributed by atoms with van der Waals surface area (Å²) in [6.45, 7) is 0.224. The molecule has 2 N–H and O–H groups in total. The molecule has 2 unspecified atom stereocenters. The molecule has 1 fully saturated rings. The third-order valence-electron chi connectivity index (χ3n) is 5.44. The van der Waals surface area contributed by atoms with Gasteiger partial charge in [0.15, 0.2) is 0 Å². The first-order valence-corrected chi connectivity index (χ1v) is 9.71. The molecule has 6 heteroatoms. The zero-order valence-corrected chi connectivity index (χ0v) is 16.2. The number of hydrogen-bond acceptors (Lipinski definition) is 2. The van der Waals surface area contributed by atoms with Crippen LogP contribution in [0, 0.1) is 11.7 Å². The Morgan fingerprint density at radius 3 is 2.37 bits per heavy atom. The predicted molar refractivity (Wildman–Crippen MR) is 113 cm³/mol. The minimum atomic E-state index is -1.09. The maximum atomic E-state index is 13.7. The smallest absolute Gasteiger partial charge is 0.407 e. The predicted octanol–water partition coefficient (Wildman–Crippen LogP) is 4.82. The van der Waals surface area contributed by atoms with Crippen molar-refractivity contribution in [3.63, 3.8) is 0 Å². The second kappa shape index (κ2) is 8.37. The van der Waals surface area contributed by atoms with Crippen LogP contribution in [0.4, 0.5) is 14.9 Å². The molecule has 3 aromatic rings. The van der Waals surface area contributed by atoms with Crippen LogP contribution < -0.4 is 5.32 Å². The minimum absolute atomic E-state index is 0.0702. The Morgan fingerprint density at radius 2 is 1.63 bits per heavy atom. The Labute approximate surface area is 173 Å². The van der Waals surface area contributed by atoms with Crippen LogP contribution in [0.3, 0.4) is 0 Å². The lowest BCUT2D eigenvalue weighted by Gasteiger charge is -2.18. The Hall–Kier alpha value is -3.67. The van der Waals surface area contributed by atoms with Crippen molar-refractivity contribution in [3.8, 4) is 11.1 Å². The first-order valence-electron chi connectivity index (χ1n) is 9.71. The number of anilines is 1. The second-order valence-corrected chi connectivity index (χ2v) is 7.39. The normalized spacial score (nSPS) is 18.2. The van der Waals surface area contributed by atoms with Gasteiger partial charge in [0.2, 0.25) is 5.91 Å². The number of nitrogens with one attached hydrogen (secondary N) is 1. The average Bonchev–Trinajstić information content (AvgIpc) is 3.21. The van der Waals surface area contributed by atoms with Gasteiger partial charge in [0.1, 0.15) is 5.82 Å². The monoisotopic (exact) mass is 404 g/mol. The Morgan fingerprint density at radius 1 is 0.900 bits per heavy atom. The van der Waals surface area contributed by atoms with Crippen molar-refractivity contribution >= 4 is 17.7 Å². The van der Waals surface area contributed by atoms with Gasteiger partial charge in [-0.15, -0.1) is 0 Å². The van der Waals surface area contributed by atoms with Crippen LogP contribution in [-0.4, -0.2) is 35.1 Å². The van der Waals surface area contributed by atoms with E-state index < -0.39 is 23.7 Å². The lowest BCUT2D eigenvalue weighted by molar-refractivity contribution is -0.119. The van der Waals surface area contributed by atoms with Crippen LogP contribution in [0.25, 0.3) is 11.1 Å². The first-order chi connectivity index (χ1) is 14.5. The number of benzene rings is 3. The number of carbonyl (C=O) groups excluding carboxylic acids is 1. The number of nitrogens with zero attached hydrogens (tertiary/aromatic N) is 1. The van der Waals surface area contributed by atoms with E-state index in [1.807, 2.05) is 48.5 Å². The van der Waals surface area contributed by atoms with Crippen molar-refractivity contribution in [1.29, 1.82) is 0 Å². The molecule has 2 atom stereocenters. The highest BCUT2D eigenvalue weighted by Gasteiger charge is 2.40. The molecule has 1 aliphatic heterocycles. The fourth-order valence-corrected chi connectivity index (χ4v) is 3.94. The fourth-order valence-electron chi connectivity index (χ4n) is 3.94. The van der Waals surface area contributed by atoms with Gasteiger partial charge >= 0.3 is 6.09 Å². The average molecular weight is 404 g/mol. The zero-order chi connectivity index (χ0) is 21.1. The molecular formula is C24H21FN2O3. The number of rotatable bonds is 4. The number of likely N-dealkylation sites (tertiary alicyclic amines) is 1. The van der Waals surface area contributed by atoms with Crippen LogP contribution in [0.5, 0.6) is 0 Å². The molecule has 30 heavy (non-hydrogen) atoms. The SMILES string of the molecule is O=C(Nc1cccc(-c2ccccc2)c1)C1CN(C(=O)O)CC1c1cccc(F)c1. The number of carbonyl (C=O) groups is 2. The summed E-state index contributed by atoms with van der Waals surface area (Å²) in [5.74, 6) is -1.70. The van der Waals surface area contributed by atoms with E-state index in [0.29, 0.717) is 11.3 Å². The van der Waals surface area contributed by atoms with Gasteiger partial charge in [-0.1, -0.05) is 54.6 Å². The molecule has 2 amide bonds. The van der Waals surface area contributed by atoms with Crippen LogP contribution in [-0.2, 0) is 4.79 Å². The molecule has 1 aliphatic rings.